The van der Waals surface area contributed by atoms with Crippen molar-refractivity contribution in [2.75, 3.05) is 25.0 Å². The quantitative estimate of drug-likeness (QED) is 0.709. The van der Waals surface area contributed by atoms with Crippen LogP contribution in [-0.2, 0) is 4.79 Å². The maximum Gasteiger partial charge on any atom is 0.238 e. The number of nitrogens with one attached hydrogen (secondary N) is 1. The van der Waals surface area contributed by atoms with Crippen molar-refractivity contribution in [3.8, 4) is 0 Å². The van der Waals surface area contributed by atoms with E-state index in [1.165, 1.54) is 0 Å². The maximum atomic E-state index is 12.1. The molecule has 0 bridgehead atoms. The Morgan fingerprint density at radius 3 is 2.60 bits per heavy atom. The Morgan fingerprint density at radius 2 is 2.00 bits per heavy atom. The molecule has 7 heteroatoms. The van der Waals surface area contributed by atoms with Gasteiger partial charge in [-0.25, -0.2) is 0 Å². The van der Waals surface area contributed by atoms with Crippen LogP contribution in [0, 0.1) is 0 Å². The van der Waals surface area contributed by atoms with Crippen LogP contribution in [0.4, 0.5) is 5.69 Å². The fourth-order valence-corrected chi connectivity index (χ4v) is 4.79. The van der Waals surface area contributed by atoms with E-state index in [1.807, 2.05) is 17.0 Å². The van der Waals surface area contributed by atoms with Gasteiger partial charge in [0.05, 0.1) is 18.8 Å². The molecule has 110 valence electrons. The van der Waals surface area contributed by atoms with Crippen LogP contribution in [-0.4, -0.2) is 41.7 Å². The van der Waals surface area contributed by atoms with Gasteiger partial charge in [0.15, 0.2) is 0 Å². The minimum Gasteiger partial charge on any atom is -0.395 e. The van der Waals surface area contributed by atoms with Crippen molar-refractivity contribution >= 4 is 59.4 Å². The van der Waals surface area contributed by atoms with Gasteiger partial charge in [0.2, 0.25) is 5.91 Å². The van der Waals surface area contributed by atoms with Crippen LogP contribution in [0.15, 0.2) is 25.6 Å². The molecule has 1 heterocycles. The van der Waals surface area contributed by atoms with E-state index in [-0.39, 0.29) is 18.6 Å². The second-order valence-corrected chi connectivity index (χ2v) is 7.37. The predicted octanol–water partition coefficient (Wildman–Crippen LogP) is 3.37. The Hall–Kier alpha value is 0.0500. The van der Waals surface area contributed by atoms with Crippen molar-refractivity contribution in [1.82, 2.24) is 4.90 Å². The van der Waals surface area contributed by atoms with E-state index in [4.69, 9.17) is 0 Å². The highest BCUT2D eigenvalue weighted by Gasteiger charge is 2.25. The zero-order valence-electron chi connectivity index (χ0n) is 10.7. The molecule has 1 fully saturated rings. The number of hydrogen-bond acceptors (Lipinski definition) is 3. The molecule has 1 saturated heterocycles. The molecule has 1 aliphatic rings. The molecule has 2 N–H and O–H groups in total. The first kappa shape index (κ1) is 16.4. The number of aliphatic hydroxyl groups is 1. The Morgan fingerprint density at radius 1 is 1.35 bits per heavy atom. The molecule has 0 spiro atoms. The number of carbonyl (C=O) groups is 1. The topological polar surface area (TPSA) is 52.6 Å². The lowest BCUT2D eigenvalue weighted by Gasteiger charge is -2.22. The number of nitrogens with zero attached hydrogens (tertiary/aromatic N) is 1. The van der Waals surface area contributed by atoms with Crippen LogP contribution in [0.2, 0.25) is 0 Å². The summed E-state index contributed by atoms with van der Waals surface area (Å²) in [6.07, 6.45) is 1.99. The largest absolute Gasteiger partial charge is 0.395 e. The molecule has 1 aromatic rings. The highest BCUT2D eigenvalue weighted by atomic mass is 79.9. The standard InChI is InChI=1S/C13H15Br3N2O2/c14-8-4-10(15)13(11(16)5-8)17-12(20)6-18-3-1-2-9(18)7-19/h4-5,9,19H,1-3,6-7H2,(H,17,20)/t9-/m1/s1. The molecule has 1 atom stereocenters. The number of amides is 1. The predicted molar refractivity (Wildman–Crippen MR) is 89.9 cm³/mol. The first-order chi connectivity index (χ1) is 9.51. The first-order valence-electron chi connectivity index (χ1n) is 6.30. The molecular weight excluding hydrogens is 456 g/mol. The van der Waals surface area contributed by atoms with E-state index in [2.05, 4.69) is 53.1 Å². The summed E-state index contributed by atoms with van der Waals surface area (Å²) in [6.45, 7) is 1.28. The lowest BCUT2D eigenvalue weighted by molar-refractivity contribution is -0.117. The summed E-state index contributed by atoms with van der Waals surface area (Å²) in [5.74, 6) is -0.0749. The zero-order valence-corrected chi connectivity index (χ0v) is 15.5. The molecule has 20 heavy (non-hydrogen) atoms. The van der Waals surface area contributed by atoms with Gasteiger partial charge in [-0.15, -0.1) is 0 Å². The molecule has 0 aliphatic carbocycles. The van der Waals surface area contributed by atoms with Gasteiger partial charge >= 0.3 is 0 Å². The van der Waals surface area contributed by atoms with Gasteiger partial charge < -0.3 is 10.4 Å². The number of hydrogen-bond donors (Lipinski definition) is 2. The van der Waals surface area contributed by atoms with E-state index in [9.17, 15) is 9.90 Å². The lowest BCUT2D eigenvalue weighted by Crippen LogP contribution is -2.38. The van der Waals surface area contributed by atoms with Crippen molar-refractivity contribution in [1.29, 1.82) is 0 Å². The molecule has 1 aromatic carbocycles. The molecule has 0 unspecified atom stereocenters. The average molecular weight is 471 g/mol. The third-order valence-electron chi connectivity index (χ3n) is 3.33. The van der Waals surface area contributed by atoms with E-state index < -0.39 is 0 Å². The lowest BCUT2D eigenvalue weighted by atomic mass is 10.2. The van der Waals surface area contributed by atoms with Gasteiger partial charge in [-0.05, 0) is 63.4 Å². The van der Waals surface area contributed by atoms with Gasteiger partial charge in [-0.1, -0.05) is 15.9 Å². The monoisotopic (exact) mass is 468 g/mol. The molecule has 0 saturated carbocycles. The summed E-state index contributed by atoms with van der Waals surface area (Å²) in [5.41, 5.74) is 0.720. The summed E-state index contributed by atoms with van der Waals surface area (Å²) < 4.78 is 2.55. The van der Waals surface area contributed by atoms with Crippen molar-refractivity contribution in [3.63, 3.8) is 0 Å². The fourth-order valence-electron chi connectivity index (χ4n) is 2.34. The number of benzene rings is 1. The summed E-state index contributed by atoms with van der Waals surface area (Å²) in [4.78, 5) is 14.2. The minimum absolute atomic E-state index is 0.0749. The van der Waals surface area contributed by atoms with Crippen LogP contribution >= 0.6 is 47.8 Å². The number of halogens is 3. The zero-order chi connectivity index (χ0) is 14.7. The van der Waals surface area contributed by atoms with Crippen molar-refractivity contribution < 1.29 is 9.90 Å². The van der Waals surface area contributed by atoms with Crippen LogP contribution in [0.1, 0.15) is 12.8 Å². The summed E-state index contributed by atoms with van der Waals surface area (Å²) >= 11 is 10.3. The third kappa shape index (κ3) is 4.04. The smallest absolute Gasteiger partial charge is 0.238 e. The molecule has 0 aromatic heterocycles. The number of carbonyl (C=O) groups excluding carboxylic acids is 1. The van der Waals surface area contributed by atoms with Gasteiger partial charge in [-0.3, -0.25) is 9.69 Å². The van der Waals surface area contributed by atoms with E-state index in [0.29, 0.717) is 6.54 Å². The van der Waals surface area contributed by atoms with E-state index >= 15 is 0 Å². The first-order valence-corrected chi connectivity index (χ1v) is 8.68. The Bertz CT molecular complexity index is 487. The molecule has 1 amide bonds. The van der Waals surface area contributed by atoms with Crippen LogP contribution < -0.4 is 5.32 Å². The maximum absolute atomic E-state index is 12.1. The molecule has 2 rings (SSSR count). The summed E-state index contributed by atoms with van der Waals surface area (Å²) in [7, 11) is 0. The third-order valence-corrected chi connectivity index (χ3v) is 5.04. The minimum atomic E-state index is -0.0749. The van der Waals surface area contributed by atoms with Gasteiger partial charge in [0.25, 0.3) is 0 Å². The van der Waals surface area contributed by atoms with Gasteiger partial charge in [0.1, 0.15) is 0 Å². The number of rotatable bonds is 4. The fraction of sp³-hybridized carbons (Fsp3) is 0.462. The van der Waals surface area contributed by atoms with Crippen molar-refractivity contribution in [2.24, 2.45) is 0 Å². The Kier molecular flexibility index (Phi) is 6.04. The number of likely N-dealkylation sites (tertiary alicyclic amines) is 1. The van der Waals surface area contributed by atoms with E-state index in [1.54, 1.807) is 0 Å². The van der Waals surface area contributed by atoms with Crippen LogP contribution in [0.5, 0.6) is 0 Å². The van der Waals surface area contributed by atoms with Crippen molar-refractivity contribution in [3.05, 3.63) is 25.6 Å². The second-order valence-electron chi connectivity index (χ2n) is 4.74. The normalized spacial score (nSPS) is 19.3. The summed E-state index contributed by atoms with van der Waals surface area (Å²) in [5, 5.41) is 12.2. The molecule has 4 nitrogen and oxygen atoms in total. The highest BCUT2D eigenvalue weighted by Crippen LogP contribution is 2.34. The molecular formula is C13H15Br3N2O2. The van der Waals surface area contributed by atoms with Gasteiger partial charge in [0, 0.05) is 19.5 Å². The number of aliphatic hydroxyl groups excluding tert-OH is 1. The van der Waals surface area contributed by atoms with Crippen LogP contribution in [0.3, 0.4) is 0 Å². The molecule has 1 aliphatic heterocycles. The molecule has 0 radical (unpaired) electrons. The number of anilines is 1. The Labute approximate surface area is 143 Å². The summed E-state index contributed by atoms with van der Waals surface area (Å²) in [6, 6.07) is 3.87. The van der Waals surface area contributed by atoms with E-state index in [0.717, 1.165) is 38.5 Å². The van der Waals surface area contributed by atoms with Crippen LogP contribution in [0.25, 0.3) is 0 Å². The van der Waals surface area contributed by atoms with Gasteiger partial charge in [-0.2, -0.15) is 0 Å². The Balaban J connectivity index is 2.01. The highest BCUT2D eigenvalue weighted by molar-refractivity contribution is 9.11. The SMILES string of the molecule is O=C(CN1CCC[C@@H]1CO)Nc1c(Br)cc(Br)cc1Br. The average Bonchev–Trinajstić information content (AvgIpc) is 2.81. The second kappa shape index (κ2) is 7.35. The van der Waals surface area contributed by atoms with Crippen molar-refractivity contribution in [2.45, 2.75) is 18.9 Å².